The van der Waals surface area contributed by atoms with Crippen molar-refractivity contribution in [2.24, 2.45) is 0 Å². The Morgan fingerprint density at radius 3 is 2.32 bits per heavy atom. The Morgan fingerprint density at radius 1 is 0.947 bits per heavy atom. The maximum absolute atomic E-state index is 15.0. The summed E-state index contributed by atoms with van der Waals surface area (Å²) in [5.74, 6) is 1.04. The molecule has 7 nitrogen and oxygen atoms in total. The molecule has 0 aliphatic heterocycles. The first-order valence-corrected chi connectivity index (χ1v) is 13.8. The number of aryl methyl sites for hydroxylation is 3. The number of aromatic nitrogens is 3. The number of nitrogens with zero attached hydrogens (tertiary/aromatic N) is 3. The van der Waals surface area contributed by atoms with Gasteiger partial charge in [0.25, 0.3) is 0 Å². The van der Waals surface area contributed by atoms with Crippen molar-refractivity contribution < 1.29 is 22.3 Å². The fourth-order valence-corrected chi connectivity index (χ4v) is 5.59. The highest BCUT2D eigenvalue weighted by molar-refractivity contribution is 7.90. The first-order valence-electron chi connectivity index (χ1n) is 11.9. The summed E-state index contributed by atoms with van der Waals surface area (Å²) in [7, 11) is -3.79. The van der Waals surface area contributed by atoms with Gasteiger partial charge in [-0.1, -0.05) is 36.4 Å². The standard InChI is InChI=1S/C29H26FN3O4S/c1-17-15-33(18(2)31-17)26-11-10-21(22-13-25(30)24(16-34)27(14-22)38(4,35)36)12-23(26)28-29(37-19(3)32-28)20-8-6-5-7-9-20/h5-15,34H,16H2,1-4H3. The second kappa shape index (κ2) is 9.66. The van der Waals surface area contributed by atoms with Crippen molar-refractivity contribution in [2.75, 3.05) is 6.26 Å². The average molecular weight is 532 g/mol. The third-order valence-corrected chi connectivity index (χ3v) is 7.49. The van der Waals surface area contributed by atoms with Crippen molar-refractivity contribution >= 4 is 9.84 Å². The van der Waals surface area contributed by atoms with Crippen LogP contribution in [0, 0.1) is 26.6 Å². The van der Waals surface area contributed by atoms with E-state index < -0.39 is 22.3 Å². The monoisotopic (exact) mass is 531 g/mol. The van der Waals surface area contributed by atoms with Gasteiger partial charge >= 0.3 is 0 Å². The van der Waals surface area contributed by atoms with Crippen molar-refractivity contribution in [2.45, 2.75) is 32.3 Å². The lowest BCUT2D eigenvalue weighted by molar-refractivity contribution is 0.272. The van der Waals surface area contributed by atoms with Crippen molar-refractivity contribution in [3.63, 3.8) is 0 Å². The molecule has 9 heteroatoms. The van der Waals surface area contributed by atoms with Crippen LogP contribution in [-0.4, -0.2) is 34.3 Å². The van der Waals surface area contributed by atoms with E-state index in [1.54, 1.807) is 13.0 Å². The number of hydrogen-bond acceptors (Lipinski definition) is 6. The molecule has 5 aromatic rings. The zero-order valence-corrected chi connectivity index (χ0v) is 22.2. The van der Waals surface area contributed by atoms with Crippen LogP contribution in [0.25, 0.3) is 39.4 Å². The number of sulfone groups is 1. The number of benzene rings is 3. The van der Waals surface area contributed by atoms with Crippen LogP contribution in [0.4, 0.5) is 4.39 Å². The number of halogens is 1. The Hall–Kier alpha value is -4.08. The minimum atomic E-state index is -3.79. The van der Waals surface area contributed by atoms with E-state index in [2.05, 4.69) is 4.98 Å². The van der Waals surface area contributed by atoms with Crippen LogP contribution in [0.1, 0.15) is 23.0 Å². The fourth-order valence-electron chi connectivity index (χ4n) is 4.63. The number of aliphatic hydroxyl groups is 1. The Morgan fingerprint density at radius 2 is 1.68 bits per heavy atom. The Bertz CT molecular complexity index is 1770. The number of rotatable bonds is 6. The SMILES string of the molecule is Cc1cn(-c2ccc(-c3cc(F)c(CO)c(S(C)(=O)=O)c3)cc2-c2nc(C)oc2-c2ccccc2)c(C)n1. The molecule has 0 atom stereocenters. The van der Waals surface area contributed by atoms with Gasteiger partial charge in [-0.05, 0) is 49.2 Å². The molecule has 194 valence electrons. The third-order valence-electron chi connectivity index (χ3n) is 6.33. The van der Waals surface area contributed by atoms with E-state index >= 15 is 0 Å². The van der Waals surface area contributed by atoms with Gasteiger partial charge in [-0.15, -0.1) is 0 Å². The summed E-state index contributed by atoms with van der Waals surface area (Å²) >= 11 is 0. The van der Waals surface area contributed by atoms with E-state index in [1.165, 1.54) is 12.1 Å². The van der Waals surface area contributed by atoms with Crippen LogP contribution in [0.5, 0.6) is 0 Å². The van der Waals surface area contributed by atoms with E-state index in [0.717, 1.165) is 29.0 Å². The Balaban J connectivity index is 1.80. The molecule has 0 fully saturated rings. The van der Waals surface area contributed by atoms with Gasteiger partial charge in [-0.2, -0.15) is 0 Å². The van der Waals surface area contributed by atoms with E-state index in [4.69, 9.17) is 9.40 Å². The molecule has 0 amide bonds. The molecule has 1 N–H and O–H groups in total. The van der Waals surface area contributed by atoms with Gasteiger partial charge < -0.3 is 14.1 Å². The van der Waals surface area contributed by atoms with Crippen LogP contribution in [0.3, 0.4) is 0 Å². The maximum atomic E-state index is 15.0. The van der Waals surface area contributed by atoms with E-state index in [9.17, 15) is 17.9 Å². The largest absolute Gasteiger partial charge is 0.440 e. The van der Waals surface area contributed by atoms with Crippen molar-refractivity contribution in [1.29, 1.82) is 0 Å². The normalized spacial score (nSPS) is 11.7. The first kappa shape index (κ1) is 25.6. The first-order chi connectivity index (χ1) is 18.1. The molecule has 0 spiro atoms. The third kappa shape index (κ3) is 4.66. The summed E-state index contributed by atoms with van der Waals surface area (Å²) in [5, 5.41) is 9.62. The van der Waals surface area contributed by atoms with Crippen LogP contribution in [0.2, 0.25) is 0 Å². The number of hydrogen-bond donors (Lipinski definition) is 1. The molecule has 0 radical (unpaired) electrons. The number of aliphatic hydroxyl groups excluding tert-OH is 1. The molecular formula is C29H26FN3O4S. The molecular weight excluding hydrogens is 505 g/mol. The summed E-state index contributed by atoms with van der Waals surface area (Å²) in [4.78, 5) is 9.00. The lowest BCUT2D eigenvalue weighted by Gasteiger charge is -2.15. The van der Waals surface area contributed by atoms with Crippen molar-refractivity contribution in [3.8, 4) is 39.4 Å². The summed E-state index contributed by atoms with van der Waals surface area (Å²) in [5.41, 5.74) is 4.44. The van der Waals surface area contributed by atoms with Crippen LogP contribution < -0.4 is 0 Å². The molecule has 38 heavy (non-hydrogen) atoms. The van der Waals surface area contributed by atoms with Gasteiger partial charge in [0.1, 0.15) is 17.3 Å². The zero-order chi connectivity index (χ0) is 27.2. The maximum Gasteiger partial charge on any atom is 0.192 e. The van der Waals surface area contributed by atoms with Gasteiger partial charge in [0.15, 0.2) is 21.5 Å². The van der Waals surface area contributed by atoms with Crippen LogP contribution in [0.15, 0.2) is 76.2 Å². The molecule has 2 heterocycles. The van der Waals surface area contributed by atoms with Crippen LogP contribution >= 0.6 is 0 Å². The number of imidazole rings is 1. The molecule has 0 aliphatic carbocycles. The molecule has 2 aromatic heterocycles. The Labute approximate surface area is 220 Å². The molecule has 0 unspecified atom stereocenters. The van der Waals surface area contributed by atoms with E-state index in [-0.39, 0.29) is 10.5 Å². The minimum Gasteiger partial charge on any atom is -0.440 e. The summed E-state index contributed by atoms with van der Waals surface area (Å²) < 4.78 is 47.8. The molecule has 0 bridgehead atoms. The predicted octanol–water partition coefficient (Wildman–Crippen LogP) is 5.82. The molecule has 3 aromatic carbocycles. The second-order valence-electron chi connectivity index (χ2n) is 9.17. The summed E-state index contributed by atoms with van der Waals surface area (Å²) in [6, 6.07) is 17.7. The van der Waals surface area contributed by atoms with Crippen molar-refractivity contribution in [3.05, 3.63) is 95.7 Å². The van der Waals surface area contributed by atoms with E-state index in [1.807, 2.05) is 67.1 Å². The fraction of sp³-hybridized carbons (Fsp3) is 0.172. The molecule has 0 saturated carbocycles. The van der Waals surface area contributed by atoms with Crippen molar-refractivity contribution in [1.82, 2.24) is 14.5 Å². The average Bonchev–Trinajstić information content (AvgIpc) is 3.44. The topological polar surface area (TPSA) is 98.2 Å². The number of oxazole rings is 1. The van der Waals surface area contributed by atoms with Gasteiger partial charge in [0.2, 0.25) is 0 Å². The highest BCUT2D eigenvalue weighted by atomic mass is 32.2. The molecule has 0 aliphatic rings. The van der Waals surface area contributed by atoms with Gasteiger partial charge in [0, 0.05) is 36.1 Å². The quantitative estimate of drug-likeness (QED) is 0.296. The summed E-state index contributed by atoms with van der Waals surface area (Å²) in [6.07, 6.45) is 2.91. The molecule has 0 saturated heterocycles. The van der Waals surface area contributed by atoms with E-state index in [0.29, 0.717) is 34.0 Å². The minimum absolute atomic E-state index is 0.246. The molecule has 5 rings (SSSR count). The highest BCUT2D eigenvalue weighted by Crippen LogP contribution is 2.39. The van der Waals surface area contributed by atoms with Crippen LogP contribution in [-0.2, 0) is 16.4 Å². The Kier molecular flexibility index (Phi) is 6.50. The highest BCUT2D eigenvalue weighted by Gasteiger charge is 2.23. The zero-order valence-electron chi connectivity index (χ0n) is 21.4. The van der Waals surface area contributed by atoms with Gasteiger partial charge in [0.05, 0.1) is 22.9 Å². The smallest absolute Gasteiger partial charge is 0.192 e. The van der Waals surface area contributed by atoms with Gasteiger partial charge in [-0.3, -0.25) is 0 Å². The lowest BCUT2D eigenvalue weighted by Crippen LogP contribution is -2.06. The second-order valence-corrected chi connectivity index (χ2v) is 11.2. The summed E-state index contributed by atoms with van der Waals surface area (Å²) in [6.45, 7) is 4.85. The predicted molar refractivity (Wildman–Crippen MR) is 143 cm³/mol. The lowest BCUT2D eigenvalue weighted by atomic mass is 9.97. The van der Waals surface area contributed by atoms with Gasteiger partial charge in [-0.25, -0.2) is 22.8 Å².